The van der Waals surface area contributed by atoms with Gasteiger partial charge in [0, 0.05) is 49.4 Å². The smallest absolute Gasteiger partial charge is 0.272 e. The zero-order chi connectivity index (χ0) is 27.2. The van der Waals surface area contributed by atoms with Crippen LogP contribution in [0.15, 0.2) is 89.5 Å². The lowest BCUT2D eigenvalue weighted by Gasteiger charge is -2.14. The van der Waals surface area contributed by atoms with Crippen LogP contribution in [0.25, 0.3) is 6.08 Å². The molecule has 4 amide bonds. The van der Waals surface area contributed by atoms with E-state index in [1.807, 2.05) is 49.3 Å². The molecule has 1 saturated heterocycles. The highest BCUT2D eigenvalue weighted by Gasteiger charge is 2.36. The summed E-state index contributed by atoms with van der Waals surface area (Å²) in [7, 11) is 5.37. The lowest BCUT2D eigenvalue weighted by atomic mass is 10.1. The molecule has 1 heterocycles. The van der Waals surface area contributed by atoms with Crippen LogP contribution in [0.3, 0.4) is 0 Å². The minimum Gasteiger partial charge on any atom is -0.378 e. The number of rotatable bonds is 8. The summed E-state index contributed by atoms with van der Waals surface area (Å²) in [6.07, 6.45) is 1.79. The summed E-state index contributed by atoms with van der Waals surface area (Å²) in [6.45, 7) is 0. The van der Waals surface area contributed by atoms with Crippen LogP contribution < -0.4 is 15.5 Å². The minimum absolute atomic E-state index is 0.0907. The van der Waals surface area contributed by atoms with E-state index in [2.05, 4.69) is 10.6 Å². The van der Waals surface area contributed by atoms with Gasteiger partial charge in [0.1, 0.15) is 5.70 Å². The molecule has 3 aromatic carbocycles. The number of nitrogens with zero attached hydrogens (tertiary/aromatic N) is 2. The van der Waals surface area contributed by atoms with Crippen molar-refractivity contribution in [3.63, 3.8) is 0 Å². The van der Waals surface area contributed by atoms with E-state index in [9.17, 15) is 19.2 Å². The normalized spacial score (nSPS) is 15.4. The SMILES string of the molecule is CN1C(=O)CC(Sc2ccc(NC(=O)/C(=C/c3ccc(N(C)C)cc3)NC(=O)c3ccccc3)cc2)C1=O. The average Bonchev–Trinajstić information content (AvgIpc) is 3.16. The fourth-order valence-corrected chi connectivity index (χ4v) is 4.88. The quantitative estimate of drug-likeness (QED) is 0.339. The third-order valence-electron chi connectivity index (χ3n) is 5.98. The molecular weight excluding hydrogens is 500 g/mol. The van der Waals surface area contributed by atoms with Crippen LogP contribution >= 0.6 is 11.8 Å². The van der Waals surface area contributed by atoms with E-state index in [0.717, 1.165) is 21.0 Å². The van der Waals surface area contributed by atoms with E-state index in [1.165, 1.54) is 18.8 Å². The topological polar surface area (TPSA) is 98.8 Å². The molecule has 4 rings (SSSR count). The molecule has 9 heteroatoms. The Morgan fingerprint density at radius 2 is 1.61 bits per heavy atom. The molecule has 0 aliphatic carbocycles. The molecule has 1 fully saturated rings. The van der Waals surface area contributed by atoms with Crippen molar-refractivity contribution in [1.82, 2.24) is 10.2 Å². The van der Waals surface area contributed by atoms with Gasteiger partial charge in [-0.15, -0.1) is 11.8 Å². The van der Waals surface area contributed by atoms with Crippen LogP contribution in [0.1, 0.15) is 22.3 Å². The van der Waals surface area contributed by atoms with Crippen LogP contribution in [0.5, 0.6) is 0 Å². The van der Waals surface area contributed by atoms with Gasteiger partial charge < -0.3 is 15.5 Å². The van der Waals surface area contributed by atoms with Gasteiger partial charge >= 0.3 is 0 Å². The van der Waals surface area contributed by atoms with Crippen LogP contribution in [-0.4, -0.2) is 54.9 Å². The standard InChI is InChI=1S/C29H28N4O4S/c1-32(2)22-13-9-19(10-14-22)17-24(31-27(35)20-7-5-4-6-8-20)28(36)30-21-11-15-23(16-12-21)38-25-18-26(34)33(3)29(25)37/h4-17,25H,18H2,1-3H3,(H,30,36)(H,31,35)/b24-17-. The highest BCUT2D eigenvalue weighted by Crippen LogP contribution is 2.31. The highest BCUT2D eigenvalue weighted by atomic mass is 32.2. The summed E-state index contributed by atoms with van der Waals surface area (Å²) in [4.78, 5) is 54.0. The summed E-state index contributed by atoms with van der Waals surface area (Å²) in [5.74, 6) is -1.28. The molecule has 0 bridgehead atoms. The van der Waals surface area contributed by atoms with E-state index < -0.39 is 17.1 Å². The van der Waals surface area contributed by atoms with E-state index in [1.54, 1.807) is 54.6 Å². The maximum atomic E-state index is 13.2. The largest absolute Gasteiger partial charge is 0.378 e. The van der Waals surface area contributed by atoms with Gasteiger partial charge in [0.25, 0.3) is 11.8 Å². The number of amides is 4. The molecule has 8 nitrogen and oxygen atoms in total. The van der Waals surface area contributed by atoms with Crippen molar-refractivity contribution >= 4 is 52.8 Å². The fraction of sp³-hybridized carbons (Fsp3) is 0.172. The minimum atomic E-state index is -0.482. The molecule has 1 aliphatic heterocycles. The molecule has 194 valence electrons. The van der Waals surface area contributed by atoms with Crippen molar-refractivity contribution in [2.45, 2.75) is 16.6 Å². The van der Waals surface area contributed by atoms with Crippen molar-refractivity contribution in [2.24, 2.45) is 0 Å². The van der Waals surface area contributed by atoms with E-state index >= 15 is 0 Å². The van der Waals surface area contributed by atoms with Gasteiger partial charge in [-0.05, 0) is 60.2 Å². The Kier molecular flexibility index (Phi) is 8.28. The van der Waals surface area contributed by atoms with Crippen molar-refractivity contribution in [3.05, 3.63) is 95.7 Å². The monoisotopic (exact) mass is 528 g/mol. The molecule has 1 unspecified atom stereocenters. The maximum Gasteiger partial charge on any atom is 0.272 e. The second-order valence-corrected chi connectivity index (χ2v) is 10.2. The molecule has 0 saturated carbocycles. The Hall–Kier alpha value is -4.37. The van der Waals surface area contributed by atoms with Crippen molar-refractivity contribution in [3.8, 4) is 0 Å². The zero-order valence-corrected chi connectivity index (χ0v) is 22.1. The second-order valence-electron chi connectivity index (χ2n) is 8.94. The average molecular weight is 529 g/mol. The molecule has 38 heavy (non-hydrogen) atoms. The first-order valence-electron chi connectivity index (χ1n) is 12.0. The molecule has 1 atom stereocenters. The predicted molar refractivity (Wildman–Crippen MR) is 150 cm³/mol. The first kappa shape index (κ1) is 26.7. The summed E-state index contributed by atoms with van der Waals surface area (Å²) in [5, 5.41) is 5.11. The highest BCUT2D eigenvalue weighted by molar-refractivity contribution is 8.00. The molecular formula is C29H28N4O4S. The second kappa shape index (κ2) is 11.8. The summed E-state index contributed by atoms with van der Waals surface area (Å²) in [5.41, 5.74) is 2.80. The third-order valence-corrected chi connectivity index (χ3v) is 7.18. The molecule has 2 N–H and O–H groups in total. The number of benzene rings is 3. The van der Waals surface area contributed by atoms with Gasteiger partial charge in [-0.2, -0.15) is 0 Å². The maximum absolute atomic E-state index is 13.2. The molecule has 3 aromatic rings. The number of carbonyl (C=O) groups excluding carboxylic acids is 4. The fourth-order valence-electron chi connectivity index (χ4n) is 3.77. The van der Waals surface area contributed by atoms with E-state index in [0.29, 0.717) is 11.3 Å². The van der Waals surface area contributed by atoms with Gasteiger partial charge in [-0.3, -0.25) is 24.1 Å². The molecule has 0 aromatic heterocycles. The van der Waals surface area contributed by atoms with Crippen LogP contribution in [-0.2, 0) is 14.4 Å². The van der Waals surface area contributed by atoms with Crippen LogP contribution in [0, 0.1) is 0 Å². The first-order valence-corrected chi connectivity index (χ1v) is 12.8. The third kappa shape index (κ3) is 6.49. The Morgan fingerprint density at radius 3 is 2.18 bits per heavy atom. The predicted octanol–water partition coefficient (Wildman–Crippen LogP) is 4.01. The lowest BCUT2D eigenvalue weighted by Crippen LogP contribution is -2.30. The van der Waals surface area contributed by atoms with Gasteiger partial charge in [0.2, 0.25) is 11.8 Å². The van der Waals surface area contributed by atoms with Crippen molar-refractivity contribution in [2.75, 3.05) is 31.4 Å². The number of nitrogens with one attached hydrogen (secondary N) is 2. The summed E-state index contributed by atoms with van der Waals surface area (Å²) >= 11 is 1.32. The number of anilines is 2. The Labute approximate surface area is 225 Å². The number of carbonyl (C=O) groups is 4. The number of imide groups is 1. The molecule has 0 radical (unpaired) electrons. The van der Waals surface area contributed by atoms with Crippen molar-refractivity contribution < 1.29 is 19.2 Å². The Morgan fingerprint density at radius 1 is 0.947 bits per heavy atom. The van der Waals surface area contributed by atoms with Crippen molar-refractivity contribution in [1.29, 1.82) is 0 Å². The van der Waals surface area contributed by atoms with E-state index in [-0.39, 0.29) is 23.9 Å². The Bertz CT molecular complexity index is 1370. The Balaban J connectivity index is 1.50. The molecule has 1 aliphatic rings. The van der Waals surface area contributed by atoms with Gasteiger partial charge in [-0.1, -0.05) is 30.3 Å². The summed E-state index contributed by atoms with van der Waals surface area (Å²) < 4.78 is 0. The van der Waals surface area contributed by atoms with Gasteiger partial charge in [0.15, 0.2) is 0 Å². The first-order chi connectivity index (χ1) is 18.2. The number of hydrogen-bond donors (Lipinski definition) is 2. The zero-order valence-electron chi connectivity index (χ0n) is 21.3. The lowest BCUT2D eigenvalue weighted by molar-refractivity contribution is -0.136. The van der Waals surface area contributed by atoms with Gasteiger partial charge in [-0.25, -0.2) is 0 Å². The van der Waals surface area contributed by atoms with Crippen LogP contribution in [0.4, 0.5) is 11.4 Å². The van der Waals surface area contributed by atoms with Crippen LogP contribution in [0.2, 0.25) is 0 Å². The molecule has 0 spiro atoms. The summed E-state index contributed by atoms with van der Waals surface area (Å²) in [6, 6.07) is 23.3. The number of hydrogen-bond acceptors (Lipinski definition) is 6. The van der Waals surface area contributed by atoms with Gasteiger partial charge in [0.05, 0.1) is 5.25 Å². The van der Waals surface area contributed by atoms with E-state index in [4.69, 9.17) is 0 Å². The number of likely N-dealkylation sites (tertiary alicyclic amines) is 1. The number of thioether (sulfide) groups is 1.